The van der Waals surface area contributed by atoms with Gasteiger partial charge in [-0.2, -0.15) is 0 Å². The SMILES string of the molecule is Cc1cc(C)c(B(c2ccc3c(c2)-c2cc(B(c4c(C)cc(C)cc4C)c4c(C)cc(C)cc4C)ccc2-c2ccc(B(c4c(C)cc(C)cc4C)c4c(C)cc(C)cc4C)cc2-c2cc(B(c4c(C)cc(C)cc4C)c4c(C)cc(C)cc4C)ccc2-3)c2c(C)cc(C)cc2C)c(C)c1. The Morgan fingerprint density at radius 2 is 0.240 bits per heavy atom. The molecular formula is C96H100B4. The van der Waals surface area contributed by atoms with Crippen molar-refractivity contribution in [2.24, 2.45) is 0 Å². The Morgan fingerprint density at radius 1 is 0.130 bits per heavy atom. The number of rotatable bonds is 12. The highest BCUT2D eigenvalue weighted by molar-refractivity contribution is 6.98. The van der Waals surface area contributed by atoms with Crippen molar-refractivity contribution in [2.75, 3.05) is 0 Å². The molecule has 0 spiro atoms. The van der Waals surface area contributed by atoms with E-state index in [9.17, 15) is 0 Å². The highest BCUT2D eigenvalue weighted by atomic mass is 14.3. The Morgan fingerprint density at radius 3 is 0.350 bits per heavy atom. The van der Waals surface area contributed by atoms with Gasteiger partial charge in [-0.3, -0.25) is 0 Å². The Labute approximate surface area is 602 Å². The van der Waals surface area contributed by atoms with Crippen molar-refractivity contribution in [2.45, 2.75) is 166 Å². The second kappa shape index (κ2) is 26.8. The van der Waals surface area contributed by atoms with Crippen LogP contribution in [0.1, 0.15) is 134 Å². The van der Waals surface area contributed by atoms with E-state index in [0.29, 0.717) is 0 Å². The maximum Gasteiger partial charge on any atom is 0.242 e. The Kier molecular flexibility index (Phi) is 18.6. The first-order valence-electron chi connectivity index (χ1n) is 36.7. The van der Waals surface area contributed by atoms with Crippen LogP contribution in [0.15, 0.2) is 170 Å². The molecular weight excluding hydrogens is 1200 g/mol. The second-order valence-corrected chi connectivity index (χ2v) is 31.5. The van der Waals surface area contributed by atoms with Crippen LogP contribution < -0.4 is 65.6 Å². The standard InChI is InChI=1S/C96H100B4/c1-53-33-61(9)89(62(10)34-53)97(90-63(11)35-54(2)36-64(90)12)77-25-29-81-82-30-26-79(99(93-69(17)41-57(5)42-70(93)18)94-71(19)43-58(6)44-72(94)20)51-87(82)88-52-80(100(95-73(21)45-59(7)46-74(95)22)96-75(23)47-60(8)48-76(96)24)28-32-84(88)83-31-27-78(50-86(83)85(81)49-77)98(91-65(13)37-55(3)38-66(91)14)92-67(15)39-56(4)40-68(92)16/h25-52H,1-24H3. The third-order valence-electron chi connectivity index (χ3n) is 22.9. The summed E-state index contributed by atoms with van der Waals surface area (Å²) in [7, 11) is 0. The number of hydrogen-bond donors (Lipinski definition) is 0. The summed E-state index contributed by atoms with van der Waals surface area (Å²) >= 11 is 0. The largest absolute Gasteiger partial charge is 0.242 e. The summed E-state index contributed by atoms with van der Waals surface area (Å²) in [5.74, 6) is 0. The molecule has 1 aliphatic carbocycles. The molecule has 100 heavy (non-hydrogen) atoms. The van der Waals surface area contributed by atoms with E-state index >= 15 is 0 Å². The molecule has 13 rings (SSSR count). The van der Waals surface area contributed by atoms with Crippen LogP contribution in [-0.2, 0) is 0 Å². The molecule has 0 nitrogen and oxygen atoms in total. The fraction of sp³-hybridized carbons (Fsp3) is 0.250. The van der Waals surface area contributed by atoms with E-state index in [1.165, 1.54) is 244 Å². The normalized spacial score (nSPS) is 11.6. The molecule has 0 aromatic heterocycles. The minimum Gasteiger partial charge on any atom is -0.0680 e. The first-order chi connectivity index (χ1) is 47.5. The molecule has 0 aliphatic heterocycles. The molecule has 12 aromatic carbocycles. The monoisotopic (exact) mass is 1300 g/mol. The minimum absolute atomic E-state index is 0.0363. The quantitative estimate of drug-likeness (QED) is 0.107. The molecule has 0 atom stereocenters. The molecule has 12 aromatic rings. The van der Waals surface area contributed by atoms with E-state index in [1.54, 1.807) is 0 Å². The van der Waals surface area contributed by atoms with Gasteiger partial charge in [-0.15, -0.1) is 0 Å². The lowest BCUT2D eigenvalue weighted by Gasteiger charge is -2.30. The van der Waals surface area contributed by atoms with E-state index in [2.05, 4.69) is 336 Å². The highest BCUT2D eigenvalue weighted by Crippen LogP contribution is 2.47. The molecule has 0 saturated heterocycles. The van der Waals surface area contributed by atoms with Crippen molar-refractivity contribution in [3.8, 4) is 44.5 Å². The zero-order valence-electron chi connectivity index (χ0n) is 64.5. The second-order valence-electron chi connectivity index (χ2n) is 31.5. The van der Waals surface area contributed by atoms with Gasteiger partial charge in [0.2, 0.25) is 26.9 Å². The molecule has 0 saturated carbocycles. The van der Waals surface area contributed by atoms with Gasteiger partial charge in [-0.25, -0.2) is 0 Å². The van der Waals surface area contributed by atoms with E-state index in [4.69, 9.17) is 0 Å². The van der Waals surface area contributed by atoms with Gasteiger partial charge >= 0.3 is 0 Å². The fourth-order valence-electron chi connectivity index (χ4n) is 19.9. The molecule has 496 valence electrons. The molecule has 1 aliphatic rings. The van der Waals surface area contributed by atoms with Gasteiger partial charge in [0.25, 0.3) is 0 Å². The molecule has 0 unspecified atom stereocenters. The maximum absolute atomic E-state index is 2.65. The van der Waals surface area contributed by atoms with Crippen molar-refractivity contribution in [1.82, 2.24) is 0 Å². The van der Waals surface area contributed by atoms with Crippen LogP contribution in [0.2, 0.25) is 0 Å². The van der Waals surface area contributed by atoms with Gasteiger partial charge < -0.3 is 0 Å². The highest BCUT2D eigenvalue weighted by Gasteiger charge is 2.37. The summed E-state index contributed by atoms with van der Waals surface area (Å²) in [5, 5.41) is 0. The number of benzene rings is 12. The predicted octanol–water partition coefficient (Wildman–Crippen LogP) is 16.1. The lowest BCUT2D eigenvalue weighted by Crippen LogP contribution is -2.56. The summed E-state index contributed by atoms with van der Waals surface area (Å²) in [5.41, 5.74) is 57.9. The van der Waals surface area contributed by atoms with Gasteiger partial charge in [-0.05, 0) is 211 Å². The van der Waals surface area contributed by atoms with Crippen molar-refractivity contribution in [3.63, 3.8) is 0 Å². The lowest BCUT2D eigenvalue weighted by molar-refractivity contribution is 1.34. The number of fused-ring (bicyclic) bond motifs is 8. The van der Waals surface area contributed by atoms with Crippen LogP contribution in [0.25, 0.3) is 44.5 Å². The topological polar surface area (TPSA) is 0 Å². The van der Waals surface area contributed by atoms with E-state index in [-0.39, 0.29) is 26.9 Å². The Bertz CT molecular complexity index is 4290. The summed E-state index contributed by atoms with van der Waals surface area (Å²) < 4.78 is 0. The zero-order valence-corrected chi connectivity index (χ0v) is 64.5. The van der Waals surface area contributed by atoms with Gasteiger partial charge in [0, 0.05) is 0 Å². The van der Waals surface area contributed by atoms with Crippen molar-refractivity contribution in [1.29, 1.82) is 0 Å². The smallest absolute Gasteiger partial charge is 0.0680 e. The van der Waals surface area contributed by atoms with Gasteiger partial charge in [-0.1, -0.05) is 369 Å². The van der Waals surface area contributed by atoms with E-state index in [1.807, 2.05) is 0 Å². The Balaban J connectivity index is 1.21. The molecule has 0 amide bonds. The molecule has 4 heteroatoms. The summed E-state index contributed by atoms with van der Waals surface area (Å²) in [4.78, 5) is 0. The van der Waals surface area contributed by atoms with Crippen LogP contribution in [0, 0.1) is 166 Å². The minimum atomic E-state index is -0.0363. The molecule has 0 bridgehead atoms. The maximum atomic E-state index is 2.65. The fourth-order valence-corrected chi connectivity index (χ4v) is 19.9. The average Bonchev–Trinajstić information content (AvgIpc) is 0.721. The van der Waals surface area contributed by atoms with E-state index in [0.717, 1.165) is 0 Å². The van der Waals surface area contributed by atoms with Crippen LogP contribution in [0.3, 0.4) is 0 Å². The third kappa shape index (κ3) is 12.4. The first kappa shape index (κ1) is 69.4. The van der Waals surface area contributed by atoms with Crippen LogP contribution in [0.5, 0.6) is 0 Å². The van der Waals surface area contributed by atoms with Crippen LogP contribution in [-0.4, -0.2) is 26.9 Å². The number of aryl methyl sites for hydroxylation is 24. The lowest BCUT2D eigenvalue weighted by atomic mass is 9.33. The van der Waals surface area contributed by atoms with Gasteiger partial charge in [0.15, 0.2) is 0 Å². The molecule has 0 fully saturated rings. The summed E-state index contributed by atoms with van der Waals surface area (Å²) in [6.07, 6.45) is 0. The predicted molar refractivity (Wildman–Crippen MR) is 446 cm³/mol. The van der Waals surface area contributed by atoms with Crippen molar-refractivity contribution in [3.05, 3.63) is 303 Å². The molecule has 0 N–H and O–H groups in total. The summed E-state index contributed by atoms with van der Waals surface area (Å²) in [6.45, 7) is 55.4. The van der Waals surface area contributed by atoms with Gasteiger partial charge in [0.1, 0.15) is 0 Å². The summed E-state index contributed by atoms with van der Waals surface area (Å²) in [6, 6.07) is 69.4. The first-order valence-corrected chi connectivity index (χ1v) is 36.7. The number of hydrogen-bond acceptors (Lipinski definition) is 0. The van der Waals surface area contributed by atoms with Gasteiger partial charge in [0.05, 0.1) is 0 Å². The third-order valence-corrected chi connectivity index (χ3v) is 22.9. The molecule has 0 radical (unpaired) electrons. The van der Waals surface area contributed by atoms with Crippen LogP contribution in [0.4, 0.5) is 0 Å². The molecule has 0 heterocycles. The zero-order chi connectivity index (χ0) is 71.5. The van der Waals surface area contributed by atoms with Crippen molar-refractivity contribution >= 4 is 92.4 Å². The average molecular weight is 1300 g/mol. The van der Waals surface area contributed by atoms with Crippen LogP contribution >= 0.6 is 0 Å². The Hall–Kier alpha value is -9.10. The van der Waals surface area contributed by atoms with Crippen molar-refractivity contribution < 1.29 is 0 Å². The van der Waals surface area contributed by atoms with E-state index < -0.39 is 0 Å².